The summed E-state index contributed by atoms with van der Waals surface area (Å²) >= 11 is 0. The molecule has 3 nitrogen and oxygen atoms in total. The Morgan fingerprint density at radius 1 is 0.193 bits per heavy atom. The van der Waals surface area contributed by atoms with Crippen LogP contribution in [0.4, 0.5) is 17.1 Å². The van der Waals surface area contributed by atoms with E-state index >= 15 is 0 Å². The number of nitrogens with zero attached hydrogens (tertiary/aromatic N) is 3. The van der Waals surface area contributed by atoms with Gasteiger partial charge in [0.15, 0.2) is 0 Å². The summed E-state index contributed by atoms with van der Waals surface area (Å²) in [5.74, 6) is 0. The maximum Gasteiger partial charge on any atom is 0.0541 e. The van der Waals surface area contributed by atoms with Crippen molar-refractivity contribution in [2.24, 2.45) is 0 Å². The van der Waals surface area contributed by atoms with Crippen molar-refractivity contribution in [2.75, 3.05) is 4.90 Å². The van der Waals surface area contributed by atoms with Gasteiger partial charge in [-0.3, -0.25) is 0 Å². The number of fused-ring (bicyclic) bond motifs is 8. The lowest BCUT2D eigenvalue weighted by Crippen LogP contribution is -2.09. The molecular weight excluding hydrogens is 1000 g/mol. The maximum atomic E-state index is 2.45. The van der Waals surface area contributed by atoms with Gasteiger partial charge < -0.3 is 14.0 Å². The zero-order valence-corrected chi connectivity index (χ0v) is 45.4. The first-order valence-corrected chi connectivity index (χ1v) is 28.5. The van der Waals surface area contributed by atoms with E-state index in [1.54, 1.807) is 0 Å². The molecule has 2 aromatic heterocycles. The molecule has 0 atom stereocenters. The molecule has 16 aromatic rings. The number of benzene rings is 14. The molecule has 0 saturated heterocycles. The molecule has 0 bridgehead atoms. The van der Waals surface area contributed by atoms with Gasteiger partial charge in [-0.15, -0.1) is 0 Å². The van der Waals surface area contributed by atoms with Crippen LogP contribution in [0.15, 0.2) is 322 Å². The van der Waals surface area contributed by atoms with Gasteiger partial charge in [-0.2, -0.15) is 0 Å². The van der Waals surface area contributed by atoms with Crippen molar-refractivity contribution in [1.82, 2.24) is 9.13 Å². The van der Waals surface area contributed by atoms with Crippen molar-refractivity contribution in [1.29, 1.82) is 0 Å². The van der Waals surface area contributed by atoms with Gasteiger partial charge in [-0.25, -0.2) is 0 Å². The minimum Gasteiger partial charge on any atom is -0.311 e. The van der Waals surface area contributed by atoms with Crippen LogP contribution >= 0.6 is 0 Å². The summed E-state index contributed by atoms with van der Waals surface area (Å²) in [6, 6.07) is 118. The quantitative estimate of drug-likeness (QED) is 0.133. The Morgan fingerprint density at radius 3 is 1.13 bits per heavy atom. The molecule has 0 unspecified atom stereocenters. The lowest BCUT2D eigenvalue weighted by Gasteiger charge is -2.26. The normalized spacial score (nSPS) is 11.6. The largest absolute Gasteiger partial charge is 0.311 e. The highest BCUT2D eigenvalue weighted by Gasteiger charge is 2.20. The van der Waals surface area contributed by atoms with Crippen LogP contribution in [0.5, 0.6) is 0 Å². The SMILES string of the molecule is c1ccc(-c2ccc(N(c3ccc(-c4ccccc4)cc3)c3ccc(-c4cc(-c5ccc6c(c5)c5ccccc5n6-c5ccc6ccccc6c5)cc(-c5ccc6c(c5)c5ccccc5n6-c5cccc6ccccc56)c4)cc3)cc2)cc1. The number of hydrogen-bond donors (Lipinski definition) is 0. The molecule has 0 fully saturated rings. The van der Waals surface area contributed by atoms with Crippen molar-refractivity contribution in [2.45, 2.75) is 0 Å². The van der Waals surface area contributed by atoms with E-state index in [9.17, 15) is 0 Å². The summed E-state index contributed by atoms with van der Waals surface area (Å²) in [6.07, 6.45) is 0. The number of para-hydroxylation sites is 2. The van der Waals surface area contributed by atoms with Crippen molar-refractivity contribution >= 4 is 82.2 Å². The number of anilines is 3. The van der Waals surface area contributed by atoms with Crippen molar-refractivity contribution in [3.05, 3.63) is 322 Å². The molecule has 83 heavy (non-hydrogen) atoms. The number of hydrogen-bond acceptors (Lipinski definition) is 1. The molecule has 0 amide bonds. The standard InChI is InChI=1S/C80H53N3/c1-3-16-54(17-4-1)57-30-39-67(40-31-57)81(68-41-32-58(33-42-68)55-18-5-2-6-19-55)69-43-34-59(35-44-69)64-48-65(62-37-46-79-74(52-62)72-25-11-13-27-77(72)82(79)70-45-36-56-20-7-8-22-61(56)51-70)50-66(49-64)63-38-47-80-75(53-63)73-26-12-14-28-78(73)83(80)76-29-15-23-60-21-9-10-24-71(60)76/h1-53H. The highest BCUT2D eigenvalue weighted by atomic mass is 15.1. The third kappa shape index (κ3) is 8.45. The van der Waals surface area contributed by atoms with Crippen LogP contribution in [0.1, 0.15) is 0 Å². The van der Waals surface area contributed by atoms with E-state index in [1.807, 2.05) is 0 Å². The number of aromatic nitrogens is 2. The smallest absolute Gasteiger partial charge is 0.0541 e. The van der Waals surface area contributed by atoms with Crippen LogP contribution in [-0.4, -0.2) is 9.13 Å². The van der Waals surface area contributed by atoms with Crippen LogP contribution in [0.3, 0.4) is 0 Å². The van der Waals surface area contributed by atoms with Crippen LogP contribution in [0.2, 0.25) is 0 Å². The van der Waals surface area contributed by atoms with Crippen LogP contribution in [-0.2, 0) is 0 Å². The molecule has 2 heterocycles. The van der Waals surface area contributed by atoms with Crippen molar-refractivity contribution in [3.63, 3.8) is 0 Å². The third-order valence-corrected chi connectivity index (χ3v) is 16.9. The van der Waals surface area contributed by atoms with Crippen LogP contribution in [0, 0.1) is 0 Å². The first-order valence-electron chi connectivity index (χ1n) is 28.5. The molecule has 0 N–H and O–H groups in total. The zero-order valence-electron chi connectivity index (χ0n) is 45.4. The Hall–Kier alpha value is -11.0. The van der Waals surface area contributed by atoms with E-state index in [1.165, 1.54) is 93.1 Å². The average molecular weight is 1060 g/mol. The van der Waals surface area contributed by atoms with Gasteiger partial charge in [0.2, 0.25) is 0 Å². The van der Waals surface area contributed by atoms with E-state index in [4.69, 9.17) is 0 Å². The fraction of sp³-hybridized carbons (Fsp3) is 0. The second-order valence-electron chi connectivity index (χ2n) is 21.7. The summed E-state index contributed by atoms with van der Waals surface area (Å²) in [4.78, 5) is 2.36. The summed E-state index contributed by atoms with van der Waals surface area (Å²) < 4.78 is 4.87. The van der Waals surface area contributed by atoms with Gasteiger partial charge in [0, 0.05) is 49.7 Å². The highest BCUT2D eigenvalue weighted by Crippen LogP contribution is 2.43. The second-order valence-corrected chi connectivity index (χ2v) is 21.7. The molecule has 0 aliphatic carbocycles. The topological polar surface area (TPSA) is 13.1 Å². The fourth-order valence-electron chi connectivity index (χ4n) is 12.8. The summed E-state index contributed by atoms with van der Waals surface area (Å²) in [5.41, 5.74) is 22.0. The van der Waals surface area contributed by atoms with Crippen LogP contribution < -0.4 is 4.90 Å². The van der Waals surface area contributed by atoms with Crippen molar-refractivity contribution in [3.8, 4) is 67.0 Å². The van der Waals surface area contributed by atoms with Gasteiger partial charge in [-0.1, -0.05) is 212 Å². The third-order valence-electron chi connectivity index (χ3n) is 16.9. The molecule has 14 aromatic carbocycles. The van der Waals surface area contributed by atoms with Crippen molar-refractivity contribution < 1.29 is 0 Å². The Morgan fingerprint density at radius 2 is 0.578 bits per heavy atom. The summed E-state index contributed by atoms with van der Waals surface area (Å²) in [6.45, 7) is 0. The Labute approximate surface area is 482 Å². The average Bonchev–Trinajstić information content (AvgIpc) is 4.31. The Balaban J connectivity index is 0.849. The molecule has 0 saturated carbocycles. The molecule has 0 aliphatic rings. The predicted molar refractivity (Wildman–Crippen MR) is 352 cm³/mol. The number of rotatable bonds is 10. The van der Waals surface area contributed by atoms with E-state index in [2.05, 4.69) is 336 Å². The van der Waals surface area contributed by atoms with Gasteiger partial charge in [-0.05, 0) is 181 Å². The van der Waals surface area contributed by atoms with Crippen LogP contribution in [0.25, 0.3) is 132 Å². The molecule has 3 heteroatoms. The molecule has 16 rings (SSSR count). The predicted octanol–water partition coefficient (Wildman–Crippen LogP) is 22.0. The lowest BCUT2D eigenvalue weighted by atomic mass is 9.92. The maximum absolute atomic E-state index is 2.45. The van der Waals surface area contributed by atoms with E-state index in [-0.39, 0.29) is 0 Å². The zero-order chi connectivity index (χ0) is 54.8. The Bertz CT molecular complexity index is 5020. The summed E-state index contributed by atoms with van der Waals surface area (Å²) in [5, 5.41) is 9.82. The lowest BCUT2D eigenvalue weighted by molar-refractivity contribution is 1.19. The van der Waals surface area contributed by atoms with Gasteiger partial charge in [0.1, 0.15) is 0 Å². The van der Waals surface area contributed by atoms with E-state index in [0.717, 1.165) is 56.1 Å². The fourth-order valence-corrected chi connectivity index (χ4v) is 12.8. The van der Waals surface area contributed by atoms with E-state index in [0.29, 0.717) is 0 Å². The molecule has 0 aliphatic heterocycles. The monoisotopic (exact) mass is 1060 g/mol. The Kier molecular flexibility index (Phi) is 11.5. The van der Waals surface area contributed by atoms with Gasteiger partial charge in [0.05, 0.1) is 27.8 Å². The highest BCUT2D eigenvalue weighted by molar-refractivity contribution is 6.13. The minimum absolute atomic E-state index is 1.08. The molecule has 0 spiro atoms. The first-order chi connectivity index (χ1) is 41.1. The molecule has 0 radical (unpaired) electrons. The van der Waals surface area contributed by atoms with Gasteiger partial charge in [0.25, 0.3) is 0 Å². The first kappa shape index (κ1) is 48.0. The second kappa shape index (κ2) is 20.0. The van der Waals surface area contributed by atoms with E-state index < -0.39 is 0 Å². The van der Waals surface area contributed by atoms with Gasteiger partial charge >= 0.3 is 0 Å². The minimum atomic E-state index is 1.08. The summed E-state index contributed by atoms with van der Waals surface area (Å²) in [7, 11) is 0. The molecular formula is C80H53N3. The molecule has 388 valence electrons.